The van der Waals surface area contributed by atoms with E-state index in [-0.39, 0.29) is 35.4 Å². The Kier molecular flexibility index (Phi) is 1.52. The summed E-state index contributed by atoms with van der Waals surface area (Å²) in [5, 5.41) is 0. The first-order chi connectivity index (χ1) is 6.70. The monoisotopic (exact) mass is 192 g/mol. The molecule has 2 bridgehead atoms. The van der Waals surface area contributed by atoms with Crippen molar-refractivity contribution < 1.29 is 14.3 Å². The zero-order chi connectivity index (χ0) is 9.87. The van der Waals surface area contributed by atoms with Gasteiger partial charge < -0.3 is 4.74 Å². The fraction of sp³-hybridized carbons (Fsp3) is 0.636. The molecule has 3 heteroatoms. The molecule has 0 amide bonds. The van der Waals surface area contributed by atoms with Crippen LogP contribution in [0.3, 0.4) is 0 Å². The quantitative estimate of drug-likeness (QED) is 0.420. The van der Waals surface area contributed by atoms with Crippen molar-refractivity contribution in [3.05, 3.63) is 11.6 Å². The van der Waals surface area contributed by atoms with E-state index in [1.54, 1.807) is 0 Å². The van der Waals surface area contributed by atoms with Crippen molar-refractivity contribution in [2.75, 3.05) is 6.61 Å². The van der Waals surface area contributed by atoms with Gasteiger partial charge in [0.05, 0.1) is 12.0 Å². The molecule has 0 N–H and O–H groups in total. The summed E-state index contributed by atoms with van der Waals surface area (Å²) in [6, 6.07) is 0. The second-order valence-corrected chi connectivity index (χ2v) is 4.43. The highest BCUT2D eigenvalue weighted by Crippen LogP contribution is 2.46. The van der Waals surface area contributed by atoms with Crippen LogP contribution in [0.2, 0.25) is 0 Å². The summed E-state index contributed by atoms with van der Waals surface area (Å²) < 4.78 is 5.57. The van der Waals surface area contributed by atoms with Crippen LogP contribution < -0.4 is 0 Å². The van der Waals surface area contributed by atoms with Gasteiger partial charge in [0.1, 0.15) is 0 Å². The third kappa shape index (κ3) is 0.811. The molecular formula is C11H12O3. The fourth-order valence-electron chi connectivity index (χ4n) is 3.07. The van der Waals surface area contributed by atoms with Crippen LogP contribution in [0.4, 0.5) is 0 Å². The van der Waals surface area contributed by atoms with E-state index in [4.69, 9.17) is 4.74 Å². The van der Waals surface area contributed by atoms with Gasteiger partial charge in [-0.15, -0.1) is 0 Å². The molecule has 3 nitrogen and oxygen atoms in total. The SMILES string of the molecule is CC1=C[C@@H]2C(=O)C(=O)[C@@H]1[C@H]1OCC[C@H]12. The summed E-state index contributed by atoms with van der Waals surface area (Å²) in [5.74, 6) is -0.584. The van der Waals surface area contributed by atoms with Gasteiger partial charge in [-0.25, -0.2) is 0 Å². The second-order valence-electron chi connectivity index (χ2n) is 4.43. The number of carbonyl (C=O) groups is 2. The molecule has 1 saturated heterocycles. The van der Waals surface area contributed by atoms with Crippen LogP contribution in [0, 0.1) is 17.8 Å². The predicted molar refractivity (Wildman–Crippen MR) is 48.6 cm³/mol. The largest absolute Gasteiger partial charge is 0.377 e. The van der Waals surface area contributed by atoms with Gasteiger partial charge in [0.2, 0.25) is 11.6 Å². The Hall–Kier alpha value is -0.960. The van der Waals surface area contributed by atoms with Crippen molar-refractivity contribution >= 4 is 11.6 Å². The first-order valence-electron chi connectivity index (χ1n) is 5.08. The zero-order valence-corrected chi connectivity index (χ0v) is 8.03. The third-order valence-corrected chi connectivity index (χ3v) is 3.73. The Morgan fingerprint density at radius 3 is 2.93 bits per heavy atom. The average Bonchev–Trinajstić information content (AvgIpc) is 2.61. The Labute approximate surface area is 82.1 Å². The lowest BCUT2D eigenvalue weighted by Crippen LogP contribution is -2.52. The Bertz CT molecular complexity index is 356. The van der Waals surface area contributed by atoms with E-state index in [0.717, 1.165) is 12.0 Å². The number of fused-ring (bicyclic) bond motifs is 1. The first kappa shape index (κ1) is 8.36. The van der Waals surface area contributed by atoms with Crippen molar-refractivity contribution in [1.29, 1.82) is 0 Å². The topological polar surface area (TPSA) is 43.4 Å². The Morgan fingerprint density at radius 2 is 2.14 bits per heavy atom. The maximum Gasteiger partial charge on any atom is 0.208 e. The molecule has 0 aromatic carbocycles. The molecule has 14 heavy (non-hydrogen) atoms. The summed E-state index contributed by atoms with van der Waals surface area (Å²) in [6.07, 6.45) is 2.90. The number of carbonyl (C=O) groups excluding carboxylic acids is 2. The van der Waals surface area contributed by atoms with Gasteiger partial charge >= 0.3 is 0 Å². The van der Waals surface area contributed by atoms with Crippen LogP contribution in [-0.4, -0.2) is 24.3 Å². The van der Waals surface area contributed by atoms with Crippen molar-refractivity contribution in [3.8, 4) is 0 Å². The van der Waals surface area contributed by atoms with Crippen LogP contribution in [-0.2, 0) is 14.3 Å². The van der Waals surface area contributed by atoms with Crippen molar-refractivity contribution in [3.63, 3.8) is 0 Å². The molecule has 1 aliphatic heterocycles. The number of ether oxygens (including phenoxy) is 1. The van der Waals surface area contributed by atoms with Gasteiger partial charge in [-0.2, -0.15) is 0 Å². The van der Waals surface area contributed by atoms with Crippen LogP contribution >= 0.6 is 0 Å². The van der Waals surface area contributed by atoms with Gasteiger partial charge in [0.25, 0.3) is 0 Å². The zero-order valence-electron chi connectivity index (χ0n) is 8.03. The van der Waals surface area contributed by atoms with Gasteiger partial charge in [0.15, 0.2) is 0 Å². The molecule has 4 atom stereocenters. The second kappa shape index (κ2) is 2.54. The van der Waals surface area contributed by atoms with E-state index < -0.39 is 0 Å². The van der Waals surface area contributed by atoms with E-state index in [1.165, 1.54) is 0 Å². The number of Topliss-reactive ketones (excluding diaryl/α,β-unsaturated/α-hetero) is 2. The standard InChI is InChI=1S/C11H12O3/c1-5-4-7-6-2-3-14-11(6)8(5)10(13)9(7)12/h4,6-8,11H,2-3H2,1H3/t6-,7-,8+,11-/m0/s1. The van der Waals surface area contributed by atoms with Gasteiger partial charge in [-0.05, 0) is 13.3 Å². The maximum absolute atomic E-state index is 11.7. The number of allylic oxidation sites excluding steroid dienone is 1. The lowest BCUT2D eigenvalue weighted by atomic mass is 9.63. The number of hydrogen-bond donors (Lipinski definition) is 0. The summed E-state index contributed by atoms with van der Waals surface area (Å²) in [6.45, 7) is 2.63. The van der Waals surface area contributed by atoms with E-state index in [0.29, 0.717) is 6.61 Å². The highest BCUT2D eigenvalue weighted by atomic mass is 16.5. The molecule has 1 saturated carbocycles. The number of rotatable bonds is 0. The molecular weight excluding hydrogens is 180 g/mol. The van der Waals surface area contributed by atoms with Gasteiger partial charge in [-0.3, -0.25) is 9.59 Å². The molecule has 4 aliphatic rings. The summed E-state index contributed by atoms with van der Waals surface area (Å²) in [4.78, 5) is 23.3. The molecule has 4 rings (SSSR count). The van der Waals surface area contributed by atoms with E-state index in [2.05, 4.69) is 0 Å². The van der Waals surface area contributed by atoms with E-state index in [1.807, 2.05) is 13.0 Å². The smallest absolute Gasteiger partial charge is 0.208 e. The van der Waals surface area contributed by atoms with Crippen molar-refractivity contribution in [1.82, 2.24) is 0 Å². The Balaban J connectivity index is 2.12. The molecule has 0 unspecified atom stereocenters. The first-order valence-corrected chi connectivity index (χ1v) is 5.08. The van der Waals surface area contributed by atoms with Gasteiger partial charge in [0, 0.05) is 18.4 Å². The lowest BCUT2D eigenvalue weighted by molar-refractivity contribution is -0.149. The van der Waals surface area contributed by atoms with E-state index in [9.17, 15) is 9.59 Å². The minimum Gasteiger partial charge on any atom is -0.377 e. The van der Waals surface area contributed by atoms with Crippen LogP contribution in [0.5, 0.6) is 0 Å². The molecule has 1 heterocycles. The number of ketones is 2. The molecule has 3 aliphatic carbocycles. The maximum atomic E-state index is 11.7. The lowest BCUT2D eigenvalue weighted by Gasteiger charge is -2.40. The van der Waals surface area contributed by atoms with Crippen LogP contribution in [0.25, 0.3) is 0 Å². The molecule has 0 aromatic rings. The normalized spacial score (nSPS) is 45.4. The highest BCUT2D eigenvalue weighted by molar-refractivity contribution is 6.41. The average molecular weight is 192 g/mol. The highest BCUT2D eigenvalue weighted by Gasteiger charge is 2.55. The molecule has 0 radical (unpaired) electrons. The molecule has 74 valence electrons. The minimum absolute atomic E-state index is 0.00444. The Morgan fingerprint density at radius 1 is 1.36 bits per heavy atom. The molecule has 0 aromatic heterocycles. The third-order valence-electron chi connectivity index (χ3n) is 3.73. The number of hydrogen-bond acceptors (Lipinski definition) is 3. The molecule has 0 spiro atoms. The van der Waals surface area contributed by atoms with Gasteiger partial charge in [-0.1, -0.05) is 11.6 Å². The van der Waals surface area contributed by atoms with Crippen LogP contribution in [0.1, 0.15) is 13.3 Å². The summed E-state index contributed by atoms with van der Waals surface area (Å²) in [7, 11) is 0. The van der Waals surface area contributed by atoms with Crippen LogP contribution in [0.15, 0.2) is 11.6 Å². The summed E-state index contributed by atoms with van der Waals surface area (Å²) in [5.41, 5.74) is 1.03. The van der Waals surface area contributed by atoms with E-state index >= 15 is 0 Å². The van der Waals surface area contributed by atoms with Crippen molar-refractivity contribution in [2.24, 2.45) is 17.8 Å². The predicted octanol–water partition coefficient (Wildman–Crippen LogP) is 0.736. The van der Waals surface area contributed by atoms with Crippen molar-refractivity contribution in [2.45, 2.75) is 19.4 Å². The minimum atomic E-state index is -0.264. The fourth-order valence-corrected chi connectivity index (χ4v) is 3.07. The summed E-state index contributed by atoms with van der Waals surface area (Å²) >= 11 is 0. The molecule has 2 fully saturated rings.